The number of aromatic nitrogens is 1. The molecule has 2 fully saturated rings. The fourth-order valence-corrected chi connectivity index (χ4v) is 10.0. The number of ether oxygens (including phenoxy) is 3. The van der Waals surface area contributed by atoms with Gasteiger partial charge < -0.3 is 29.4 Å². The minimum Gasteiger partial charge on any atom is -0.378 e. The van der Waals surface area contributed by atoms with Gasteiger partial charge in [0.05, 0.1) is 61.4 Å². The third-order valence-electron chi connectivity index (χ3n) is 12.4. The van der Waals surface area contributed by atoms with E-state index in [9.17, 15) is 34.0 Å². The number of nitrogens with zero attached hydrogens (tertiary/aromatic N) is 3. The first-order valence-corrected chi connectivity index (χ1v) is 22.4. The number of aromatic amines is 1. The lowest BCUT2D eigenvalue weighted by Gasteiger charge is -2.38. The van der Waals surface area contributed by atoms with Gasteiger partial charge in [0, 0.05) is 69.5 Å². The van der Waals surface area contributed by atoms with Crippen molar-refractivity contribution in [3.63, 3.8) is 0 Å². The molecule has 3 aliphatic heterocycles. The molecule has 0 saturated carbocycles. The summed E-state index contributed by atoms with van der Waals surface area (Å²) >= 11 is 1.38. The molecule has 3 N–H and O–H groups in total. The van der Waals surface area contributed by atoms with E-state index < -0.39 is 35.1 Å². The van der Waals surface area contributed by atoms with Crippen molar-refractivity contribution in [2.24, 2.45) is 0 Å². The number of nitrogens with one attached hydrogen (secondary N) is 3. The molecule has 4 heterocycles. The van der Waals surface area contributed by atoms with Crippen LogP contribution >= 0.6 is 11.8 Å². The SMILES string of the molecule is CCc1cc2c(cc1N1CCC(NC(=O)COCCOCCOCCSc3cccc4c3C(=O)N(C3CCC(=O)NC3=O)C4=O)CC1)C(C)(C)c1[nH]c3cc(C#N)ccc3c1C2=O. The zero-order valence-electron chi connectivity index (χ0n) is 35.6. The molecule has 5 amide bonds. The van der Waals surface area contributed by atoms with Crippen molar-refractivity contribution in [3.8, 4) is 6.07 Å². The molecule has 0 radical (unpaired) electrons. The first kappa shape index (κ1) is 43.8. The molecule has 2 saturated heterocycles. The van der Waals surface area contributed by atoms with Gasteiger partial charge >= 0.3 is 0 Å². The van der Waals surface area contributed by atoms with Crippen LogP contribution in [0.5, 0.6) is 0 Å². The molecular formula is C47H50N6O9S. The van der Waals surface area contributed by atoms with Crippen LogP contribution in [-0.2, 0) is 40.4 Å². The molecule has 15 nitrogen and oxygen atoms in total. The zero-order chi connectivity index (χ0) is 44.4. The maximum Gasteiger partial charge on any atom is 0.263 e. The average molecular weight is 875 g/mol. The van der Waals surface area contributed by atoms with Crippen LogP contribution in [0.3, 0.4) is 0 Å². The second kappa shape index (κ2) is 18.5. The van der Waals surface area contributed by atoms with Gasteiger partial charge in [0.1, 0.15) is 12.6 Å². The highest BCUT2D eigenvalue weighted by molar-refractivity contribution is 7.99. The molecule has 16 heteroatoms. The van der Waals surface area contributed by atoms with Gasteiger partial charge in [0.15, 0.2) is 5.78 Å². The van der Waals surface area contributed by atoms with Gasteiger partial charge in [0.2, 0.25) is 17.7 Å². The largest absolute Gasteiger partial charge is 0.378 e. The van der Waals surface area contributed by atoms with Crippen LogP contribution in [0.4, 0.5) is 5.69 Å². The third kappa shape index (κ3) is 8.62. The Morgan fingerprint density at radius 3 is 2.38 bits per heavy atom. The number of ketones is 1. The van der Waals surface area contributed by atoms with E-state index in [0.717, 1.165) is 76.2 Å². The smallest absolute Gasteiger partial charge is 0.263 e. The van der Waals surface area contributed by atoms with Crippen LogP contribution in [0.15, 0.2) is 53.4 Å². The number of H-pyrrole nitrogens is 1. The van der Waals surface area contributed by atoms with Crippen LogP contribution in [0, 0.1) is 11.3 Å². The number of nitriles is 1. The fourth-order valence-electron chi connectivity index (χ4n) is 9.11. The Balaban J connectivity index is 0.724. The highest BCUT2D eigenvalue weighted by atomic mass is 32.2. The Morgan fingerprint density at radius 2 is 1.65 bits per heavy atom. The topological polar surface area (TPSA) is 200 Å². The second-order valence-electron chi connectivity index (χ2n) is 16.7. The van der Waals surface area contributed by atoms with E-state index in [4.69, 9.17) is 14.2 Å². The molecule has 1 atom stereocenters. The zero-order valence-corrected chi connectivity index (χ0v) is 36.4. The number of carbonyl (C=O) groups is 6. The molecular weight excluding hydrogens is 825 g/mol. The summed E-state index contributed by atoms with van der Waals surface area (Å²) < 4.78 is 16.9. The number of aryl methyl sites for hydroxylation is 1. The van der Waals surface area contributed by atoms with E-state index in [0.29, 0.717) is 48.2 Å². The van der Waals surface area contributed by atoms with Crippen LogP contribution < -0.4 is 15.5 Å². The van der Waals surface area contributed by atoms with E-state index >= 15 is 0 Å². The van der Waals surface area contributed by atoms with E-state index in [-0.39, 0.29) is 54.9 Å². The monoisotopic (exact) mass is 874 g/mol. The van der Waals surface area contributed by atoms with Crippen LogP contribution in [0.1, 0.15) is 105 Å². The first-order chi connectivity index (χ1) is 30.4. The average Bonchev–Trinajstić information content (AvgIpc) is 3.79. The molecule has 3 aromatic carbocycles. The molecule has 4 aliphatic rings. The predicted octanol–water partition coefficient (Wildman–Crippen LogP) is 4.80. The van der Waals surface area contributed by atoms with Crippen molar-refractivity contribution >= 4 is 63.7 Å². The number of amides is 5. The summed E-state index contributed by atoms with van der Waals surface area (Å²) in [5.74, 6) is -1.79. The molecule has 8 rings (SSSR count). The predicted molar refractivity (Wildman–Crippen MR) is 234 cm³/mol. The summed E-state index contributed by atoms with van der Waals surface area (Å²) in [6.07, 6.45) is 2.49. The molecule has 1 aliphatic carbocycles. The summed E-state index contributed by atoms with van der Waals surface area (Å²) in [6, 6.07) is 15.9. The lowest BCUT2D eigenvalue weighted by atomic mass is 9.70. The highest BCUT2D eigenvalue weighted by Crippen LogP contribution is 2.46. The number of hydrogen-bond donors (Lipinski definition) is 3. The molecule has 63 heavy (non-hydrogen) atoms. The molecule has 4 aromatic rings. The number of carbonyl (C=O) groups excluding carboxylic acids is 6. The van der Waals surface area contributed by atoms with Crippen LogP contribution in [0.2, 0.25) is 0 Å². The summed E-state index contributed by atoms with van der Waals surface area (Å²) in [4.78, 5) is 84.5. The number of piperidine rings is 2. The normalized spacial score (nSPS) is 18.3. The second-order valence-corrected chi connectivity index (χ2v) is 17.8. The summed E-state index contributed by atoms with van der Waals surface area (Å²) in [6.45, 7) is 9.42. The highest BCUT2D eigenvalue weighted by Gasteiger charge is 2.46. The van der Waals surface area contributed by atoms with Crippen molar-refractivity contribution < 1.29 is 43.0 Å². The van der Waals surface area contributed by atoms with Gasteiger partial charge in [-0.05, 0) is 73.2 Å². The molecule has 0 spiro atoms. The summed E-state index contributed by atoms with van der Waals surface area (Å²) in [7, 11) is 0. The lowest BCUT2D eigenvalue weighted by molar-refractivity contribution is -0.136. The number of benzene rings is 3. The van der Waals surface area contributed by atoms with Gasteiger partial charge in [-0.1, -0.05) is 32.9 Å². The summed E-state index contributed by atoms with van der Waals surface area (Å²) in [5, 5.41) is 15.6. The Labute approximate surface area is 369 Å². The van der Waals surface area contributed by atoms with Crippen molar-refractivity contribution in [1.82, 2.24) is 20.5 Å². The van der Waals surface area contributed by atoms with Gasteiger partial charge in [-0.3, -0.25) is 39.0 Å². The van der Waals surface area contributed by atoms with Gasteiger partial charge in [-0.15, -0.1) is 11.8 Å². The van der Waals surface area contributed by atoms with Gasteiger partial charge in [-0.2, -0.15) is 5.26 Å². The quantitative estimate of drug-likeness (QED) is 0.0791. The Morgan fingerprint density at radius 1 is 0.905 bits per heavy atom. The van der Waals surface area contributed by atoms with Crippen molar-refractivity contribution in [3.05, 3.63) is 93.2 Å². The van der Waals surface area contributed by atoms with E-state index in [2.05, 4.69) is 59.5 Å². The molecule has 328 valence electrons. The Bertz CT molecular complexity index is 2550. The first-order valence-electron chi connectivity index (χ1n) is 21.4. The lowest BCUT2D eigenvalue weighted by Crippen LogP contribution is -2.54. The minimum absolute atomic E-state index is 0.00133. The number of imide groups is 2. The number of anilines is 1. The fraction of sp³-hybridized carbons (Fsp3) is 0.426. The molecule has 1 aromatic heterocycles. The Kier molecular flexibility index (Phi) is 12.8. The number of thioether (sulfide) groups is 1. The standard InChI is InChI=1S/C47H50N6O9S/c1-4-28-23-32-33(47(2,3)43-41(42(32)56)30-9-8-27(25-48)22-34(30)50-43)24-36(28)52-14-12-29(13-15-52)49-39(55)26-62-19-18-60-16-17-61-20-21-63-37-7-5-6-31-40(37)46(59)53(45(31)58)35-10-11-38(54)51-44(35)57/h5-9,22-24,29,35,50H,4,10-21,26H2,1-3H3,(H,49,55)(H,51,54,57). The third-order valence-corrected chi connectivity index (χ3v) is 13.4. The van der Waals surface area contributed by atoms with Crippen molar-refractivity contribution in [2.45, 2.75) is 75.3 Å². The van der Waals surface area contributed by atoms with Crippen LogP contribution in [0.25, 0.3) is 10.9 Å². The van der Waals surface area contributed by atoms with Gasteiger partial charge in [-0.25, -0.2) is 0 Å². The Hall–Kier alpha value is -5.86. The maximum atomic E-state index is 14.0. The molecule has 1 unspecified atom stereocenters. The molecule has 0 bridgehead atoms. The maximum absolute atomic E-state index is 14.0. The number of fused-ring (bicyclic) bond motifs is 5. The van der Waals surface area contributed by atoms with E-state index in [1.54, 1.807) is 30.3 Å². The number of rotatable bonds is 16. The van der Waals surface area contributed by atoms with Crippen molar-refractivity contribution in [1.29, 1.82) is 5.26 Å². The number of hydrogen-bond acceptors (Lipinski definition) is 12. The van der Waals surface area contributed by atoms with Crippen molar-refractivity contribution in [2.75, 3.05) is 63.4 Å². The van der Waals surface area contributed by atoms with E-state index in [1.165, 1.54) is 11.8 Å². The minimum atomic E-state index is -1.01. The van der Waals surface area contributed by atoms with Gasteiger partial charge in [0.25, 0.3) is 11.8 Å². The van der Waals surface area contributed by atoms with Crippen LogP contribution in [-0.4, -0.2) is 116 Å². The summed E-state index contributed by atoms with van der Waals surface area (Å²) in [5.41, 5.74) is 6.86. The van der Waals surface area contributed by atoms with E-state index in [1.807, 2.05) is 6.07 Å².